The van der Waals surface area contributed by atoms with Gasteiger partial charge in [-0.05, 0) is 11.6 Å². The minimum Gasteiger partial charge on any atom is -0.477 e. The van der Waals surface area contributed by atoms with Crippen LogP contribution in [0.2, 0.25) is 0 Å². The number of rotatable bonds is 5. The zero-order chi connectivity index (χ0) is 16.8. The highest BCUT2D eigenvalue weighted by Crippen LogP contribution is 2.13. The van der Waals surface area contributed by atoms with Crippen molar-refractivity contribution in [2.24, 2.45) is 0 Å². The molecule has 2 aromatic rings. The van der Waals surface area contributed by atoms with E-state index < -0.39 is 11.9 Å². The second-order valence-electron chi connectivity index (χ2n) is 4.86. The van der Waals surface area contributed by atoms with Gasteiger partial charge in [0, 0.05) is 18.1 Å². The molecule has 0 saturated carbocycles. The molecule has 0 aliphatic carbocycles. The lowest BCUT2D eigenvalue weighted by molar-refractivity contribution is -0.134. The van der Waals surface area contributed by atoms with Crippen LogP contribution in [0.4, 0.5) is 0 Å². The molecule has 2 aromatic carbocycles. The quantitative estimate of drug-likeness (QED) is 0.656. The molecule has 0 heterocycles. The van der Waals surface area contributed by atoms with E-state index in [1.165, 1.54) is 13.0 Å². The maximum atomic E-state index is 12.3. The molecule has 5 nitrogen and oxygen atoms in total. The molecule has 0 fully saturated rings. The molecular formula is C18H15NO4. The Labute approximate surface area is 133 Å². The Morgan fingerprint density at radius 3 is 2.00 bits per heavy atom. The van der Waals surface area contributed by atoms with Crippen molar-refractivity contribution in [3.05, 3.63) is 77.0 Å². The molecule has 0 aromatic heterocycles. The first kappa shape index (κ1) is 16.2. The lowest BCUT2D eigenvalue weighted by atomic mass is 10.0. The third-order valence-electron chi connectivity index (χ3n) is 3.06. The number of carbonyl (C=O) groups is 3. The number of ketones is 1. The Hall–Kier alpha value is -3.21. The number of carboxylic acids is 1. The van der Waals surface area contributed by atoms with Crippen molar-refractivity contribution in [1.29, 1.82) is 0 Å². The first-order valence-corrected chi connectivity index (χ1v) is 6.90. The highest BCUT2D eigenvalue weighted by molar-refractivity contribution is 6.09. The summed E-state index contributed by atoms with van der Waals surface area (Å²) < 4.78 is 0. The molecule has 0 unspecified atom stereocenters. The molecule has 0 bridgehead atoms. The van der Waals surface area contributed by atoms with Crippen LogP contribution in [0.5, 0.6) is 0 Å². The van der Waals surface area contributed by atoms with Crippen LogP contribution in [0.25, 0.3) is 6.08 Å². The van der Waals surface area contributed by atoms with E-state index in [0.717, 1.165) is 0 Å². The molecule has 116 valence electrons. The number of amides is 1. The molecule has 23 heavy (non-hydrogen) atoms. The van der Waals surface area contributed by atoms with Crippen molar-refractivity contribution in [3.8, 4) is 0 Å². The summed E-state index contributed by atoms with van der Waals surface area (Å²) in [6, 6.07) is 15.4. The fraction of sp³-hybridized carbons (Fsp3) is 0.0556. The lowest BCUT2D eigenvalue weighted by Crippen LogP contribution is -2.24. The Morgan fingerprint density at radius 2 is 1.48 bits per heavy atom. The highest BCUT2D eigenvalue weighted by Gasteiger charge is 2.10. The number of aliphatic carboxylic acids is 1. The van der Waals surface area contributed by atoms with Gasteiger partial charge in [0.15, 0.2) is 5.78 Å². The van der Waals surface area contributed by atoms with Gasteiger partial charge in [0.25, 0.3) is 0 Å². The lowest BCUT2D eigenvalue weighted by Gasteiger charge is -2.04. The van der Waals surface area contributed by atoms with Crippen LogP contribution in [-0.2, 0) is 9.59 Å². The van der Waals surface area contributed by atoms with Gasteiger partial charge in [-0.15, -0.1) is 0 Å². The normalized spacial score (nSPS) is 10.9. The molecule has 0 aliphatic heterocycles. The van der Waals surface area contributed by atoms with E-state index in [-0.39, 0.29) is 11.5 Å². The maximum Gasteiger partial charge on any atom is 0.352 e. The van der Waals surface area contributed by atoms with Gasteiger partial charge in [-0.25, -0.2) is 4.79 Å². The second-order valence-corrected chi connectivity index (χ2v) is 4.86. The average Bonchev–Trinajstić information content (AvgIpc) is 2.54. The van der Waals surface area contributed by atoms with Gasteiger partial charge in [-0.2, -0.15) is 0 Å². The fourth-order valence-corrected chi connectivity index (χ4v) is 1.99. The largest absolute Gasteiger partial charge is 0.477 e. The Balaban J connectivity index is 2.23. The van der Waals surface area contributed by atoms with Gasteiger partial charge in [0.1, 0.15) is 5.70 Å². The second kappa shape index (κ2) is 7.17. The molecule has 1 amide bonds. The topological polar surface area (TPSA) is 83.5 Å². The predicted octanol–water partition coefficient (Wildman–Crippen LogP) is 2.48. The first-order chi connectivity index (χ1) is 11.0. The van der Waals surface area contributed by atoms with Crippen LogP contribution in [-0.4, -0.2) is 22.8 Å². The van der Waals surface area contributed by atoms with E-state index in [1.807, 2.05) is 6.07 Å². The van der Waals surface area contributed by atoms with Crippen molar-refractivity contribution in [2.75, 3.05) is 0 Å². The molecule has 5 heteroatoms. The van der Waals surface area contributed by atoms with E-state index in [1.54, 1.807) is 48.5 Å². The third-order valence-corrected chi connectivity index (χ3v) is 3.06. The summed E-state index contributed by atoms with van der Waals surface area (Å²) in [6.07, 6.45) is 1.33. The summed E-state index contributed by atoms with van der Waals surface area (Å²) in [6.45, 7) is 1.23. The summed E-state index contributed by atoms with van der Waals surface area (Å²) in [7, 11) is 0. The van der Waals surface area contributed by atoms with Gasteiger partial charge >= 0.3 is 5.97 Å². The average molecular weight is 309 g/mol. The maximum absolute atomic E-state index is 12.3. The summed E-state index contributed by atoms with van der Waals surface area (Å²) >= 11 is 0. The fourth-order valence-electron chi connectivity index (χ4n) is 1.99. The monoisotopic (exact) mass is 309 g/mol. The standard InChI is InChI=1S/C18H15NO4/c1-12(20)19-16(18(22)23)11-13-7-9-15(10-8-13)17(21)14-5-3-2-4-6-14/h2-11H,1H3,(H,19,20)(H,22,23)/b16-11-. The number of hydrogen-bond acceptors (Lipinski definition) is 3. The van der Waals surface area contributed by atoms with Crippen LogP contribution in [0.1, 0.15) is 28.4 Å². The van der Waals surface area contributed by atoms with Crippen molar-refractivity contribution in [1.82, 2.24) is 5.32 Å². The number of nitrogens with one attached hydrogen (secondary N) is 1. The van der Waals surface area contributed by atoms with Gasteiger partial charge in [-0.1, -0.05) is 54.6 Å². The van der Waals surface area contributed by atoms with Gasteiger partial charge < -0.3 is 10.4 Å². The zero-order valence-electron chi connectivity index (χ0n) is 12.4. The minimum absolute atomic E-state index is 0.110. The highest BCUT2D eigenvalue weighted by atomic mass is 16.4. The van der Waals surface area contributed by atoms with Gasteiger partial charge in [0.2, 0.25) is 5.91 Å². The molecule has 0 radical (unpaired) electrons. The SMILES string of the molecule is CC(=O)N/C(=C\c1ccc(C(=O)c2ccccc2)cc1)C(=O)O. The van der Waals surface area contributed by atoms with Crippen molar-refractivity contribution in [3.63, 3.8) is 0 Å². The number of carboxylic acid groups (broad SMARTS) is 1. The molecule has 0 spiro atoms. The summed E-state index contributed by atoms with van der Waals surface area (Å²) in [4.78, 5) is 34.3. The molecule has 0 saturated heterocycles. The van der Waals surface area contributed by atoms with Crippen LogP contribution in [0, 0.1) is 0 Å². The van der Waals surface area contributed by atoms with Crippen molar-refractivity contribution >= 4 is 23.7 Å². The van der Waals surface area contributed by atoms with E-state index >= 15 is 0 Å². The van der Waals surface area contributed by atoms with Crippen LogP contribution in [0.3, 0.4) is 0 Å². The van der Waals surface area contributed by atoms with Crippen molar-refractivity contribution in [2.45, 2.75) is 6.92 Å². The molecular weight excluding hydrogens is 294 g/mol. The van der Waals surface area contributed by atoms with Crippen LogP contribution in [0.15, 0.2) is 60.3 Å². The number of hydrogen-bond donors (Lipinski definition) is 2. The van der Waals surface area contributed by atoms with Crippen LogP contribution >= 0.6 is 0 Å². The first-order valence-electron chi connectivity index (χ1n) is 6.90. The van der Waals surface area contributed by atoms with E-state index in [2.05, 4.69) is 5.32 Å². The molecule has 0 atom stereocenters. The Bertz CT molecular complexity index is 761. The van der Waals surface area contributed by atoms with E-state index in [0.29, 0.717) is 16.7 Å². The van der Waals surface area contributed by atoms with Crippen molar-refractivity contribution < 1.29 is 19.5 Å². The number of carbonyl (C=O) groups excluding carboxylic acids is 2. The zero-order valence-corrected chi connectivity index (χ0v) is 12.4. The third kappa shape index (κ3) is 4.38. The van der Waals surface area contributed by atoms with E-state index in [4.69, 9.17) is 5.11 Å². The Morgan fingerprint density at radius 1 is 0.913 bits per heavy atom. The molecule has 2 N–H and O–H groups in total. The molecule has 0 aliphatic rings. The molecule has 2 rings (SSSR count). The summed E-state index contributed by atoms with van der Waals surface area (Å²) in [5.41, 5.74) is 1.44. The predicted molar refractivity (Wildman–Crippen MR) is 85.7 cm³/mol. The summed E-state index contributed by atoms with van der Waals surface area (Å²) in [5.74, 6) is -1.80. The van der Waals surface area contributed by atoms with Gasteiger partial charge in [-0.3, -0.25) is 9.59 Å². The van der Waals surface area contributed by atoms with E-state index in [9.17, 15) is 14.4 Å². The van der Waals surface area contributed by atoms with Gasteiger partial charge in [0.05, 0.1) is 0 Å². The Kier molecular flexibility index (Phi) is 5.04. The summed E-state index contributed by atoms with van der Waals surface area (Å²) in [5, 5.41) is 11.3. The smallest absolute Gasteiger partial charge is 0.352 e. The minimum atomic E-state index is -1.23. The van der Waals surface area contributed by atoms with Crippen LogP contribution < -0.4 is 5.32 Å². The number of benzene rings is 2.